The fraction of sp³-hybridized carbons (Fsp3) is 0.700. The van der Waals surface area contributed by atoms with Crippen LogP contribution in [0.15, 0.2) is 0 Å². The number of thiol groups is 1. The molecule has 1 rings (SSSR count). The van der Waals surface area contributed by atoms with Crippen molar-refractivity contribution in [3.8, 4) is 0 Å². The summed E-state index contributed by atoms with van der Waals surface area (Å²) in [5, 5.41) is 0. The van der Waals surface area contributed by atoms with Gasteiger partial charge < -0.3 is 0 Å². The maximum Gasteiger partial charge on any atom is 0.383 e. The number of Topliss-reactive ketones (excluding diaryl/α,β-unsaturated/α-hetero) is 1. The van der Waals surface area contributed by atoms with Crippen LogP contribution in [0, 0.1) is 0 Å². The summed E-state index contributed by atoms with van der Waals surface area (Å²) in [6, 6.07) is 0. The maximum atomic E-state index is 11.8. The fourth-order valence-electron chi connectivity index (χ4n) is 1.73. The number of rotatable bonds is 3. The third-order valence-corrected chi connectivity index (χ3v) is 3.31. The van der Waals surface area contributed by atoms with Gasteiger partial charge >= 0.3 is 11.9 Å². The third kappa shape index (κ3) is 2.61. The van der Waals surface area contributed by atoms with Gasteiger partial charge in [-0.1, -0.05) is 19.7 Å². The molecular formula is C10H15NO5S. The number of ketones is 1. The molecule has 1 aliphatic heterocycles. The summed E-state index contributed by atoms with van der Waals surface area (Å²) in [4.78, 5) is 43.0. The fourth-order valence-corrected chi connectivity index (χ4v) is 2.19. The second-order valence-corrected chi connectivity index (χ2v) is 4.31. The Morgan fingerprint density at radius 2 is 2.00 bits per heavy atom. The van der Waals surface area contributed by atoms with Crippen molar-refractivity contribution in [2.24, 2.45) is 0 Å². The SMILES string of the molecule is CCC(=O)OOC(=O)C1(C(C)=O)CCCN1S. The molecule has 1 unspecified atom stereocenters. The summed E-state index contributed by atoms with van der Waals surface area (Å²) in [5.41, 5.74) is -1.43. The lowest BCUT2D eigenvalue weighted by Gasteiger charge is -2.28. The van der Waals surface area contributed by atoms with Crippen molar-refractivity contribution < 1.29 is 24.2 Å². The molecule has 0 radical (unpaired) electrons. The van der Waals surface area contributed by atoms with E-state index in [4.69, 9.17) is 0 Å². The Bertz CT molecular complexity index is 346. The molecule has 1 aliphatic rings. The van der Waals surface area contributed by atoms with Gasteiger partial charge in [0, 0.05) is 13.0 Å². The standard InChI is InChI=1S/C10H15NO5S/c1-3-8(13)15-16-9(14)10(7(2)12)5-4-6-11(10)17/h17H,3-6H2,1-2H3. The van der Waals surface area contributed by atoms with Gasteiger partial charge in [-0.15, -0.1) is 0 Å². The van der Waals surface area contributed by atoms with Crippen LogP contribution in [0.1, 0.15) is 33.1 Å². The van der Waals surface area contributed by atoms with Crippen LogP contribution in [0.3, 0.4) is 0 Å². The van der Waals surface area contributed by atoms with Gasteiger partial charge in [-0.3, -0.25) is 4.79 Å². The third-order valence-electron chi connectivity index (χ3n) is 2.77. The summed E-state index contributed by atoms with van der Waals surface area (Å²) in [6.07, 6.45) is 1.05. The zero-order valence-corrected chi connectivity index (χ0v) is 10.7. The lowest BCUT2D eigenvalue weighted by molar-refractivity contribution is -0.264. The van der Waals surface area contributed by atoms with E-state index in [2.05, 4.69) is 22.6 Å². The second-order valence-electron chi connectivity index (χ2n) is 3.82. The Morgan fingerprint density at radius 1 is 1.35 bits per heavy atom. The minimum absolute atomic E-state index is 0.0882. The molecule has 6 nitrogen and oxygen atoms in total. The van der Waals surface area contributed by atoms with Crippen LogP contribution in [-0.2, 0) is 24.2 Å². The molecule has 1 saturated heterocycles. The van der Waals surface area contributed by atoms with Crippen LogP contribution in [0.25, 0.3) is 0 Å². The van der Waals surface area contributed by atoms with Crippen molar-refractivity contribution in [1.82, 2.24) is 4.31 Å². The van der Waals surface area contributed by atoms with Crippen molar-refractivity contribution in [2.75, 3.05) is 6.54 Å². The predicted molar refractivity (Wildman–Crippen MR) is 60.8 cm³/mol. The molecule has 1 heterocycles. The van der Waals surface area contributed by atoms with Crippen molar-refractivity contribution >= 4 is 30.5 Å². The maximum absolute atomic E-state index is 11.8. The topological polar surface area (TPSA) is 72.9 Å². The minimum atomic E-state index is -1.43. The van der Waals surface area contributed by atoms with Crippen molar-refractivity contribution in [1.29, 1.82) is 0 Å². The highest BCUT2D eigenvalue weighted by molar-refractivity contribution is 7.77. The van der Waals surface area contributed by atoms with Crippen LogP contribution in [-0.4, -0.2) is 34.1 Å². The van der Waals surface area contributed by atoms with Crippen molar-refractivity contribution in [3.63, 3.8) is 0 Å². The first-order chi connectivity index (χ1) is 7.95. The molecule has 0 spiro atoms. The molecule has 96 valence electrons. The Morgan fingerprint density at radius 3 is 2.41 bits per heavy atom. The molecular weight excluding hydrogens is 246 g/mol. The highest BCUT2D eigenvalue weighted by Gasteiger charge is 2.53. The molecule has 0 aliphatic carbocycles. The van der Waals surface area contributed by atoms with E-state index in [-0.39, 0.29) is 12.2 Å². The Kier molecular flexibility index (Phi) is 4.53. The largest absolute Gasteiger partial charge is 0.383 e. The summed E-state index contributed by atoms with van der Waals surface area (Å²) in [6.45, 7) is 3.36. The Hall–Kier alpha value is -1.08. The van der Waals surface area contributed by atoms with Gasteiger partial charge in [-0.2, -0.15) is 0 Å². The summed E-state index contributed by atoms with van der Waals surface area (Å²) < 4.78 is 1.33. The molecule has 0 aromatic heterocycles. The smallest absolute Gasteiger partial charge is 0.297 e. The lowest BCUT2D eigenvalue weighted by Crippen LogP contribution is -2.53. The minimum Gasteiger partial charge on any atom is -0.297 e. The first kappa shape index (κ1) is 14.0. The van der Waals surface area contributed by atoms with E-state index in [0.717, 1.165) is 0 Å². The summed E-state index contributed by atoms with van der Waals surface area (Å²) >= 11 is 4.09. The summed E-state index contributed by atoms with van der Waals surface area (Å²) in [5.74, 6) is -1.93. The van der Waals surface area contributed by atoms with E-state index in [9.17, 15) is 14.4 Å². The monoisotopic (exact) mass is 261 g/mol. The van der Waals surface area contributed by atoms with E-state index in [1.807, 2.05) is 0 Å². The highest BCUT2D eigenvalue weighted by Crippen LogP contribution is 2.33. The average Bonchev–Trinajstić information content (AvgIpc) is 2.68. The van der Waals surface area contributed by atoms with E-state index >= 15 is 0 Å². The Balaban J connectivity index is 2.75. The van der Waals surface area contributed by atoms with Crippen LogP contribution >= 0.6 is 12.8 Å². The molecule has 0 bridgehead atoms. The molecule has 0 N–H and O–H groups in total. The Labute approximate surface area is 105 Å². The van der Waals surface area contributed by atoms with Gasteiger partial charge in [-0.25, -0.2) is 23.7 Å². The highest BCUT2D eigenvalue weighted by atomic mass is 32.1. The zero-order valence-electron chi connectivity index (χ0n) is 9.76. The molecule has 0 saturated carbocycles. The average molecular weight is 261 g/mol. The molecule has 1 atom stereocenters. The number of carbonyl (C=O) groups is 3. The van der Waals surface area contributed by atoms with Crippen LogP contribution in [0.4, 0.5) is 0 Å². The zero-order chi connectivity index (χ0) is 13.1. The van der Waals surface area contributed by atoms with Gasteiger partial charge in [0.15, 0.2) is 11.3 Å². The van der Waals surface area contributed by atoms with Crippen molar-refractivity contribution in [3.05, 3.63) is 0 Å². The predicted octanol–water partition coefficient (Wildman–Crippen LogP) is 0.666. The molecule has 0 amide bonds. The quantitative estimate of drug-likeness (QED) is 0.348. The first-order valence-electron chi connectivity index (χ1n) is 5.34. The van der Waals surface area contributed by atoms with Crippen LogP contribution in [0.2, 0.25) is 0 Å². The molecule has 0 aromatic carbocycles. The molecule has 0 aromatic rings. The van der Waals surface area contributed by atoms with Gasteiger partial charge in [0.05, 0.1) is 0 Å². The van der Waals surface area contributed by atoms with E-state index in [0.29, 0.717) is 19.4 Å². The summed E-state index contributed by atoms with van der Waals surface area (Å²) in [7, 11) is 0. The number of nitrogens with zero attached hydrogens (tertiary/aromatic N) is 1. The van der Waals surface area contributed by atoms with E-state index in [1.165, 1.54) is 11.2 Å². The molecule has 17 heavy (non-hydrogen) atoms. The first-order valence-corrected chi connectivity index (χ1v) is 5.74. The van der Waals surface area contributed by atoms with Gasteiger partial charge in [-0.05, 0) is 19.8 Å². The van der Waals surface area contributed by atoms with Gasteiger partial charge in [0.25, 0.3) is 0 Å². The molecule has 7 heteroatoms. The van der Waals surface area contributed by atoms with Gasteiger partial charge in [0.2, 0.25) is 0 Å². The van der Waals surface area contributed by atoms with E-state index < -0.39 is 17.5 Å². The lowest BCUT2D eigenvalue weighted by atomic mass is 9.93. The van der Waals surface area contributed by atoms with Crippen molar-refractivity contribution in [2.45, 2.75) is 38.6 Å². The van der Waals surface area contributed by atoms with Crippen LogP contribution in [0.5, 0.6) is 0 Å². The van der Waals surface area contributed by atoms with E-state index in [1.54, 1.807) is 6.92 Å². The number of carbonyl (C=O) groups excluding carboxylic acids is 3. The number of hydrogen-bond donors (Lipinski definition) is 1. The normalized spacial score (nSPS) is 24.4. The van der Waals surface area contributed by atoms with Crippen LogP contribution < -0.4 is 0 Å². The number of hydrogen-bond acceptors (Lipinski definition) is 7. The van der Waals surface area contributed by atoms with Gasteiger partial charge in [0.1, 0.15) is 0 Å². The second kappa shape index (κ2) is 5.50. The molecule has 1 fully saturated rings.